The zero-order valence-corrected chi connectivity index (χ0v) is 14.6. The molecule has 0 spiro atoms. The standard InChI is InChI=1S/C19H23N3O3/c1-19(2)14-22(10-11-25-19)18(23)21-16-5-7-17(8-6-16)24-13-15-4-3-9-20-12-15/h3-9,12H,10-11,13-14H2,1-2H3,(H,21,23). The molecule has 132 valence electrons. The first-order valence-corrected chi connectivity index (χ1v) is 8.33. The molecule has 0 aliphatic carbocycles. The number of morpholine rings is 1. The quantitative estimate of drug-likeness (QED) is 0.927. The van der Waals surface area contributed by atoms with Crippen molar-refractivity contribution < 1.29 is 14.3 Å². The van der Waals surface area contributed by atoms with E-state index in [1.807, 2.05) is 50.2 Å². The molecule has 0 bridgehead atoms. The van der Waals surface area contributed by atoms with Crippen LogP contribution in [0.3, 0.4) is 0 Å². The number of carbonyl (C=O) groups is 1. The summed E-state index contributed by atoms with van der Waals surface area (Å²) in [7, 11) is 0. The number of ether oxygens (including phenoxy) is 2. The summed E-state index contributed by atoms with van der Waals surface area (Å²) in [6.45, 7) is 6.16. The molecule has 3 rings (SSSR count). The Balaban J connectivity index is 1.53. The van der Waals surface area contributed by atoms with Crippen LogP contribution in [0.25, 0.3) is 0 Å². The van der Waals surface area contributed by atoms with E-state index in [2.05, 4.69) is 10.3 Å². The van der Waals surface area contributed by atoms with Crippen molar-refractivity contribution in [3.8, 4) is 5.75 Å². The zero-order valence-electron chi connectivity index (χ0n) is 14.6. The highest BCUT2D eigenvalue weighted by Gasteiger charge is 2.29. The average Bonchev–Trinajstić information content (AvgIpc) is 2.61. The minimum atomic E-state index is -0.306. The Bertz CT molecular complexity index is 702. The van der Waals surface area contributed by atoms with Crippen molar-refractivity contribution in [1.29, 1.82) is 0 Å². The monoisotopic (exact) mass is 341 g/mol. The van der Waals surface area contributed by atoms with Crippen LogP contribution in [0.5, 0.6) is 5.75 Å². The number of benzene rings is 1. The summed E-state index contributed by atoms with van der Waals surface area (Å²) in [6, 6.07) is 11.1. The number of anilines is 1. The fourth-order valence-electron chi connectivity index (χ4n) is 2.68. The molecule has 6 nitrogen and oxygen atoms in total. The molecular weight excluding hydrogens is 318 g/mol. The van der Waals surface area contributed by atoms with Crippen LogP contribution in [0.1, 0.15) is 19.4 Å². The Kier molecular flexibility index (Phi) is 5.19. The van der Waals surface area contributed by atoms with Gasteiger partial charge in [0.05, 0.1) is 18.8 Å². The largest absolute Gasteiger partial charge is 0.489 e. The van der Waals surface area contributed by atoms with E-state index >= 15 is 0 Å². The van der Waals surface area contributed by atoms with Gasteiger partial charge in [-0.15, -0.1) is 0 Å². The number of hydrogen-bond donors (Lipinski definition) is 1. The lowest BCUT2D eigenvalue weighted by atomic mass is 10.1. The van der Waals surface area contributed by atoms with Gasteiger partial charge in [0.1, 0.15) is 12.4 Å². The molecule has 1 aliphatic rings. The van der Waals surface area contributed by atoms with Crippen molar-refractivity contribution in [3.05, 3.63) is 54.4 Å². The number of amides is 2. The fraction of sp³-hybridized carbons (Fsp3) is 0.368. The van der Waals surface area contributed by atoms with Gasteiger partial charge in [0.25, 0.3) is 0 Å². The highest BCUT2D eigenvalue weighted by atomic mass is 16.5. The number of carbonyl (C=O) groups excluding carboxylic acids is 1. The van der Waals surface area contributed by atoms with Crippen molar-refractivity contribution >= 4 is 11.7 Å². The summed E-state index contributed by atoms with van der Waals surface area (Å²) in [5.41, 5.74) is 1.44. The Labute approximate surface area is 147 Å². The van der Waals surface area contributed by atoms with Crippen LogP contribution in [0.2, 0.25) is 0 Å². The van der Waals surface area contributed by atoms with Crippen LogP contribution in [0, 0.1) is 0 Å². The fourth-order valence-corrected chi connectivity index (χ4v) is 2.68. The van der Waals surface area contributed by atoms with Crippen LogP contribution in [0.15, 0.2) is 48.8 Å². The Morgan fingerprint density at radius 1 is 1.32 bits per heavy atom. The lowest BCUT2D eigenvalue weighted by Gasteiger charge is -2.38. The molecule has 1 aromatic heterocycles. The van der Waals surface area contributed by atoms with E-state index in [1.165, 1.54) is 0 Å². The van der Waals surface area contributed by atoms with E-state index in [0.29, 0.717) is 26.3 Å². The summed E-state index contributed by atoms with van der Waals surface area (Å²) >= 11 is 0. The van der Waals surface area contributed by atoms with Gasteiger partial charge in [0.15, 0.2) is 0 Å². The van der Waals surface area contributed by atoms with Crippen molar-refractivity contribution in [2.75, 3.05) is 25.0 Å². The predicted octanol–water partition coefficient (Wildman–Crippen LogP) is 3.30. The molecule has 0 radical (unpaired) electrons. The molecule has 0 unspecified atom stereocenters. The second-order valence-electron chi connectivity index (χ2n) is 6.63. The molecule has 2 aromatic rings. The highest BCUT2D eigenvalue weighted by molar-refractivity contribution is 5.89. The number of hydrogen-bond acceptors (Lipinski definition) is 4. The lowest BCUT2D eigenvalue weighted by molar-refractivity contribution is -0.0720. The number of nitrogens with one attached hydrogen (secondary N) is 1. The maximum Gasteiger partial charge on any atom is 0.322 e. The molecule has 1 aromatic carbocycles. The van der Waals surface area contributed by atoms with Gasteiger partial charge in [-0.3, -0.25) is 4.98 Å². The number of pyridine rings is 1. The van der Waals surface area contributed by atoms with E-state index < -0.39 is 0 Å². The van der Waals surface area contributed by atoms with Gasteiger partial charge >= 0.3 is 6.03 Å². The molecular formula is C19H23N3O3. The molecule has 0 saturated carbocycles. The molecule has 2 amide bonds. The Morgan fingerprint density at radius 2 is 2.12 bits per heavy atom. The molecule has 25 heavy (non-hydrogen) atoms. The number of urea groups is 1. The normalized spacial score (nSPS) is 16.3. The van der Waals surface area contributed by atoms with E-state index in [4.69, 9.17) is 9.47 Å². The second kappa shape index (κ2) is 7.53. The van der Waals surface area contributed by atoms with Gasteiger partial charge < -0.3 is 19.7 Å². The summed E-state index contributed by atoms with van der Waals surface area (Å²) in [5, 5.41) is 2.92. The number of aromatic nitrogens is 1. The Hall–Kier alpha value is -2.60. The minimum Gasteiger partial charge on any atom is -0.489 e. The first-order valence-electron chi connectivity index (χ1n) is 8.33. The van der Waals surface area contributed by atoms with Gasteiger partial charge in [-0.25, -0.2) is 4.79 Å². The van der Waals surface area contributed by atoms with Crippen LogP contribution >= 0.6 is 0 Å². The third-order valence-corrected chi connectivity index (χ3v) is 3.95. The van der Waals surface area contributed by atoms with E-state index in [-0.39, 0.29) is 11.6 Å². The maximum atomic E-state index is 12.4. The molecule has 6 heteroatoms. The van der Waals surface area contributed by atoms with E-state index in [9.17, 15) is 4.79 Å². The SMILES string of the molecule is CC1(C)CN(C(=O)Nc2ccc(OCc3cccnc3)cc2)CCO1. The summed E-state index contributed by atoms with van der Waals surface area (Å²) in [4.78, 5) is 18.2. The second-order valence-corrected chi connectivity index (χ2v) is 6.63. The molecule has 0 atom stereocenters. The summed E-state index contributed by atoms with van der Waals surface area (Å²) in [6.07, 6.45) is 3.51. The summed E-state index contributed by atoms with van der Waals surface area (Å²) < 4.78 is 11.3. The highest BCUT2D eigenvalue weighted by Crippen LogP contribution is 2.20. The first kappa shape index (κ1) is 17.2. The van der Waals surface area contributed by atoms with Gasteiger partial charge in [-0.05, 0) is 44.2 Å². The zero-order chi connectivity index (χ0) is 17.7. The smallest absolute Gasteiger partial charge is 0.322 e. The molecule has 1 aliphatic heterocycles. The van der Waals surface area contributed by atoms with Gasteiger partial charge in [-0.1, -0.05) is 6.07 Å². The van der Waals surface area contributed by atoms with Gasteiger partial charge in [0, 0.05) is 30.2 Å². The third-order valence-electron chi connectivity index (χ3n) is 3.95. The minimum absolute atomic E-state index is 0.111. The van der Waals surface area contributed by atoms with Crippen molar-refractivity contribution in [2.45, 2.75) is 26.1 Å². The molecule has 1 fully saturated rings. The first-order chi connectivity index (χ1) is 12.0. The van der Waals surface area contributed by atoms with Crippen molar-refractivity contribution in [1.82, 2.24) is 9.88 Å². The molecule has 1 N–H and O–H groups in total. The van der Waals surface area contributed by atoms with Crippen LogP contribution in [0.4, 0.5) is 10.5 Å². The van der Waals surface area contributed by atoms with E-state index in [1.54, 1.807) is 17.3 Å². The lowest BCUT2D eigenvalue weighted by Crippen LogP contribution is -2.51. The van der Waals surface area contributed by atoms with Crippen LogP contribution in [-0.2, 0) is 11.3 Å². The summed E-state index contributed by atoms with van der Waals surface area (Å²) in [5.74, 6) is 0.745. The average molecular weight is 341 g/mol. The number of rotatable bonds is 4. The van der Waals surface area contributed by atoms with Crippen LogP contribution in [-0.4, -0.2) is 41.2 Å². The third kappa shape index (κ3) is 4.93. The molecule has 1 saturated heterocycles. The van der Waals surface area contributed by atoms with E-state index in [0.717, 1.165) is 17.0 Å². The predicted molar refractivity (Wildman–Crippen MR) is 95.6 cm³/mol. The van der Waals surface area contributed by atoms with Gasteiger partial charge in [0.2, 0.25) is 0 Å². The number of nitrogens with zero attached hydrogens (tertiary/aromatic N) is 2. The van der Waals surface area contributed by atoms with Gasteiger partial charge in [-0.2, -0.15) is 0 Å². The molecule has 2 heterocycles. The topological polar surface area (TPSA) is 63.7 Å². The maximum absolute atomic E-state index is 12.4. The Morgan fingerprint density at radius 3 is 2.80 bits per heavy atom. The van der Waals surface area contributed by atoms with Crippen LogP contribution < -0.4 is 10.1 Å². The van der Waals surface area contributed by atoms with Crippen molar-refractivity contribution in [3.63, 3.8) is 0 Å². The van der Waals surface area contributed by atoms with Crippen molar-refractivity contribution in [2.24, 2.45) is 0 Å².